The van der Waals surface area contributed by atoms with Crippen molar-refractivity contribution in [2.24, 2.45) is 0 Å². The predicted molar refractivity (Wildman–Crippen MR) is 78.9 cm³/mol. The molecule has 0 unspecified atom stereocenters. The van der Waals surface area contributed by atoms with Crippen LogP contribution in [0.5, 0.6) is 0 Å². The molecular formula is C16H26INS. The van der Waals surface area contributed by atoms with Gasteiger partial charge in [-0.2, -0.15) is 0 Å². The molecule has 1 nitrogen and oxygen atoms in total. The average molecular weight is 391 g/mol. The van der Waals surface area contributed by atoms with Gasteiger partial charge >= 0.3 is 0 Å². The van der Waals surface area contributed by atoms with Crippen LogP contribution in [0.3, 0.4) is 0 Å². The van der Waals surface area contributed by atoms with Gasteiger partial charge in [0.1, 0.15) is 5.54 Å². The molecule has 3 heteroatoms. The lowest BCUT2D eigenvalue weighted by molar-refractivity contribution is -0.972. The summed E-state index contributed by atoms with van der Waals surface area (Å²) < 4.78 is 1.33. The number of halogens is 1. The van der Waals surface area contributed by atoms with E-state index in [0.717, 1.165) is 0 Å². The van der Waals surface area contributed by atoms with Crippen molar-refractivity contribution in [1.82, 2.24) is 0 Å². The molecule has 0 amide bonds. The fourth-order valence-corrected chi connectivity index (χ4v) is 5.48. The molecular weight excluding hydrogens is 365 g/mol. The molecule has 2 aliphatic rings. The van der Waals surface area contributed by atoms with E-state index in [1.165, 1.54) is 68.9 Å². The summed E-state index contributed by atoms with van der Waals surface area (Å²) in [5.41, 5.74) is 0.465. The van der Waals surface area contributed by atoms with Crippen molar-refractivity contribution in [2.45, 2.75) is 56.9 Å². The second kappa shape index (κ2) is 6.44. The average Bonchev–Trinajstić information content (AvgIpc) is 2.94. The third kappa shape index (κ3) is 2.75. The van der Waals surface area contributed by atoms with Crippen molar-refractivity contribution >= 4 is 11.3 Å². The van der Waals surface area contributed by atoms with Gasteiger partial charge in [0.05, 0.1) is 25.0 Å². The van der Waals surface area contributed by atoms with E-state index in [4.69, 9.17) is 0 Å². The van der Waals surface area contributed by atoms with Crippen LogP contribution < -0.4 is 24.0 Å². The van der Waals surface area contributed by atoms with Gasteiger partial charge in [0.2, 0.25) is 0 Å². The quantitative estimate of drug-likeness (QED) is 0.530. The molecule has 2 heterocycles. The summed E-state index contributed by atoms with van der Waals surface area (Å²) in [6.07, 6.45) is 11.5. The Labute approximate surface area is 139 Å². The van der Waals surface area contributed by atoms with Crippen LogP contribution in [0.2, 0.25) is 0 Å². The van der Waals surface area contributed by atoms with E-state index in [1.54, 1.807) is 4.88 Å². The Morgan fingerprint density at radius 3 is 2.21 bits per heavy atom. The monoisotopic (exact) mass is 391 g/mol. The number of nitrogens with zero attached hydrogens (tertiary/aromatic N) is 1. The standard InChI is InChI=1S/C16H26NS.HI/c1-17(12-6-3-7-13-17)16(10-4-2-5-11-16)15-9-8-14-18-15;/h8-9,14H,2-7,10-13H2,1H3;1H/q+1;/p-1. The van der Waals surface area contributed by atoms with Crippen LogP contribution in [-0.4, -0.2) is 24.6 Å². The Morgan fingerprint density at radius 2 is 1.63 bits per heavy atom. The molecule has 0 radical (unpaired) electrons. The van der Waals surface area contributed by atoms with Crippen molar-refractivity contribution in [1.29, 1.82) is 0 Å². The van der Waals surface area contributed by atoms with Gasteiger partial charge in [-0.15, -0.1) is 11.3 Å². The third-order valence-corrected chi connectivity index (χ3v) is 6.56. The number of hydrogen-bond donors (Lipinski definition) is 0. The van der Waals surface area contributed by atoms with Gasteiger partial charge in [0, 0.05) is 12.8 Å². The lowest BCUT2D eigenvalue weighted by Gasteiger charge is -2.54. The Hall–Kier alpha value is 0.390. The van der Waals surface area contributed by atoms with Crippen molar-refractivity contribution < 1.29 is 28.5 Å². The van der Waals surface area contributed by atoms with Crippen molar-refractivity contribution in [3.05, 3.63) is 22.4 Å². The molecule has 0 spiro atoms. The zero-order valence-electron chi connectivity index (χ0n) is 12.0. The summed E-state index contributed by atoms with van der Waals surface area (Å²) in [5, 5.41) is 2.28. The van der Waals surface area contributed by atoms with E-state index in [1.807, 2.05) is 11.3 Å². The maximum absolute atomic E-state index is 2.55. The maximum Gasteiger partial charge on any atom is 0.134 e. The molecule has 1 saturated heterocycles. The zero-order valence-corrected chi connectivity index (χ0v) is 15.0. The van der Waals surface area contributed by atoms with E-state index < -0.39 is 0 Å². The number of thiophene rings is 1. The molecule has 0 atom stereocenters. The third-order valence-electron chi connectivity index (χ3n) is 5.50. The van der Waals surface area contributed by atoms with Crippen LogP contribution in [0.25, 0.3) is 0 Å². The highest BCUT2D eigenvalue weighted by molar-refractivity contribution is 7.10. The molecule has 1 saturated carbocycles. The lowest BCUT2D eigenvalue weighted by atomic mass is 9.76. The highest BCUT2D eigenvalue weighted by atomic mass is 127. The highest BCUT2D eigenvalue weighted by Crippen LogP contribution is 2.48. The van der Waals surface area contributed by atoms with Gasteiger partial charge in [0.25, 0.3) is 0 Å². The van der Waals surface area contributed by atoms with Crippen LogP contribution in [0, 0.1) is 0 Å². The summed E-state index contributed by atoms with van der Waals surface area (Å²) in [6.45, 7) is 2.80. The number of hydrogen-bond acceptors (Lipinski definition) is 1. The largest absolute Gasteiger partial charge is 1.00 e. The molecule has 1 aromatic rings. The normalized spacial score (nSPS) is 25.5. The number of likely N-dealkylation sites (tertiary alicyclic amines) is 1. The molecule has 0 N–H and O–H groups in total. The zero-order chi connectivity index (χ0) is 12.5. The Morgan fingerprint density at radius 1 is 1.00 bits per heavy atom. The first-order chi connectivity index (χ1) is 8.77. The predicted octanol–water partition coefficient (Wildman–Crippen LogP) is 1.54. The van der Waals surface area contributed by atoms with Crippen LogP contribution in [0.15, 0.2) is 17.5 Å². The van der Waals surface area contributed by atoms with Crippen molar-refractivity contribution in [3.8, 4) is 0 Å². The van der Waals surface area contributed by atoms with Gasteiger partial charge in [0.15, 0.2) is 0 Å². The Balaban J connectivity index is 0.00000133. The first-order valence-corrected chi connectivity index (χ1v) is 8.54. The van der Waals surface area contributed by atoms with Gasteiger partial charge in [-0.3, -0.25) is 0 Å². The molecule has 0 bridgehead atoms. The maximum atomic E-state index is 2.55. The van der Waals surface area contributed by atoms with Crippen molar-refractivity contribution in [3.63, 3.8) is 0 Å². The van der Waals surface area contributed by atoms with E-state index in [-0.39, 0.29) is 24.0 Å². The first kappa shape index (κ1) is 15.8. The van der Waals surface area contributed by atoms with Gasteiger partial charge in [-0.05, 0) is 43.6 Å². The summed E-state index contributed by atoms with van der Waals surface area (Å²) in [7, 11) is 2.55. The van der Waals surface area contributed by atoms with E-state index in [0.29, 0.717) is 5.54 Å². The molecule has 3 rings (SSSR count). The van der Waals surface area contributed by atoms with Crippen LogP contribution in [0.4, 0.5) is 0 Å². The highest BCUT2D eigenvalue weighted by Gasteiger charge is 2.50. The molecule has 19 heavy (non-hydrogen) atoms. The second-order valence-electron chi connectivity index (χ2n) is 6.47. The van der Waals surface area contributed by atoms with E-state index in [9.17, 15) is 0 Å². The van der Waals surface area contributed by atoms with Crippen molar-refractivity contribution in [2.75, 3.05) is 20.1 Å². The number of quaternary nitrogens is 1. The van der Waals surface area contributed by atoms with Crippen LogP contribution in [0.1, 0.15) is 56.2 Å². The minimum Gasteiger partial charge on any atom is -1.00 e. The van der Waals surface area contributed by atoms with Crippen LogP contribution in [-0.2, 0) is 5.54 Å². The van der Waals surface area contributed by atoms with Gasteiger partial charge < -0.3 is 28.5 Å². The summed E-state index contributed by atoms with van der Waals surface area (Å²) in [4.78, 5) is 1.67. The molecule has 1 aliphatic heterocycles. The van der Waals surface area contributed by atoms with Gasteiger partial charge in [-0.25, -0.2) is 0 Å². The molecule has 1 aromatic heterocycles. The van der Waals surface area contributed by atoms with E-state index in [2.05, 4.69) is 24.6 Å². The lowest BCUT2D eigenvalue weighted by Crippen LogP contribution is -3.00. The fourth-order valence-electron chi connectivity index (χ4n) is 4.37. The SMILES string of the molecule is C[N+]1(C2(c3cccs3)CCCCC2)CCCCC1.[I-]. The molecule has 108 valence electrons. The minimum absolute atomic E-state index is 0. The topological polar surface area (TPSA) is 0 Å². The Bertz CT molecular complexity index is 375. The van der Waals surface area contributed by atoms with Gasteiger partial charge in [-0.1, -0.05) is 12.5 Å². The summed E-state index contributed by atoms with van der Waals surface area (Å²) >= 11 is 2.00. The number of piperidine rings is 1. The summed E-state index contributed by atoms with van der Waals surface area (Å²) in [6, 6.07) is 4.67. The first-order valence-electron chi connectivity index (χ1n) is 7.66. The molecule has 1 aliphatic carbocycles. The fraction of sp³-hybridized carbons (Fsp3) is 0.750. The number of rotatable bonds is 2. The second-order valence-corrected chi connectivity index (χ2v) is 7.42. The smallest absolute Gasteiger partial charge is 0.134 e. The molecule has 2 fully saturated rings. The van der Waals surface area contributed by atoms with E-state index >= 15 is 0 Å². The Kier molecular flexibility index (Phi) is 5.34. The minimum atomic E-state index is 0. The molecule has 0 aromatic carbocycles. The van der Waals surface area contributed by atoms with Crippen LogP contribution >= 0.6 is 11.3 Å². The summed E-state index contributed by atoms with van der Waals surface area (Å²) in [5.74, 6) is 0.